The Bertz CT molecular complexity index is 892. The maximum atomic E-state index is 13.7. The van der Waals surface area contributed by atoms with Gasteiger partial charge in [0.15, 0.2) is 0 Å². The van der Waals surface area contributed by atoms with Crippen LogP contribution in [0.25, 0.3) is 0 Å². The van der Waals surface area contributed by atoms with Gasteiger partial charge in [0.2, 0.25) is 5.95 Å². The second kappa shape index (κ2) is 9.60. The topological polar surface area (TPSA) is 50.1 Å². The van der Waals surface area contributed by atoms with Crippen molar-refractivity contribution in [2.75, 3.05) is 24.5 Å². The maximum Gasteiger partial charge on any atom is 0.225 e. The number of imidazole rings is 1. The SMILES string of the molecule is Fc1cccc(CN(CCCn2ccnc2)Cc2ccnc(N3CCCC3)n2)c1. The second-order valence-corrected chi connectivity index (χ2v) is 7.54. The van der Waals surface area contributed by atoms with Crippen molar-refractivity contribution >= 4 is 5.95 Å². The molecule has 0 unspecified atom stereocenters. The molecule has 6 nitrogen and oxygen atoms in total. The molecule has 0 atom stereocenters. The van der Waals surface area contributed by atoms with Crippen molar-refractivity contribution in [2.24, 2.45) is 0 Å². The summed E-state index contributed by atoms with van der Waals surface area (Å²) in [6.07, 6.45) is 10.8. The lowest BCUT2D eigenvalue weighted by Crippen LogP contribution is -2.26. The molecule has 7 heteroatoms. The van der Waals surface area contributed by atoms with Gasteiger partial charge in [0.1, 0.15) is 5.82 Å². The minimum absolute atomic E-state index is 0.195. The molecule has 4 rings (SSSR count). The highest BCUT2D eigenvalue weighted by molar-refractivity contribution is 5.31. The molecule has 0 saturated carbocycles. The van der Waals surface area contributed by atoms with Crippen molar-refractivity contribution < 1.29 is 4.39 Å². The standard InChI is InChI=1S/C22H27FN6/c23-20-6-3-5-19(15-20)16-28(11-4-10-27-14-9-24-18-27)17-21-7-8-25-22(26-21)29-12-1-2-13-29/h3,5-9,14-15,18H,1-2,4,10-13,16-17H2. The summed E-state index contributed by atoms with van der Waals surface area (Å²) >= 11 is 0. The van der Waals surface area contributed by atoms with Crippen LogP contribution in [0.5, 0.6) is 0 Å². The molecule has 1 fully saturated rings. The third-order valence-electron chi connectivity index (χ3n) is 5.22. The minimum Gasteiger partial charge on any atom is -0.341 e. The molecule has 3 aromatic rings. The van der Waals surface area contributed by atoms with Gasteiger partial charge < -0.3 is 9.47 Å². The molecule has 3 heterocycles. The summed E-state index contributed by atoms with van der Waals surface area (Å²) < 4.78 is 15.7. The molecule has 0 aliphatic carbocycles. The molecule has 0 bridgehead atoms. The molecule has 0 radical (unpaired) electrons. The Morgan fingerprint density at radius 3 is 2.76 bits per heavy atom. The van der Waals surface area contributed by atoms with E-state index in [1.807, 2.05) is 30.9 Å². The molecular weight excluding hydrogens is 367 g/mol. The van der Waals surface area contributed by atoms with Gasteiger partial charge in [0.25, 0.3) is 0 Å². The van der Waals surface area contributed by atoms with Crippen LogP contribution in [0.1, 0.15) is 30.5 Å². The van der Waals surface area contributed by atoms with Crippen LogP contribution in [0.3, 0.4) is 0 Å². The molecule has 1 aromatic carbocycles. The van der Waals surface area contributed by atoms with E-state index >= 15 is 0 Å². The smallest absolute Gasteiger partial charge is 0.225 e. The van der Waals surface area contributed by atoms with Crippen LogP contribution in [-0.4, -0.2) is 44.1 Å². The van der Waals surface area contributed by atoms with Crippen LogP contribution in [0.4, 0.5) is 10.3 Å². The van der Waals surface area contributed by atoms with Crippen molar-refractivity contribution in [2.45, 2.75) is 38.9 Å². The van der Waals surface area contributed by atoms with Gasteiger partial charge in [-0.15, -0.1) is 0 Å². The fraction of sp³-hybridized carbons (Fsp3) is 0.409. The summed E-state index contributed by atoms with van der Waals surface area (Å²) in [6.45, 7) is 5.25. The molecule has 152 valence electrons. The van der Waals surface area contributed by atoms with Gasteiger partial charge in [-0.2, -0.15) is 0 Å². The van der Waals surface area contributed by atoms with E-state index in [0.717, 1.165) is 49.8 Å². The van der Waals surface area contributed by atoms with E-state index in [1.54, 1.807) is 18.3 Å². The number of hydrogen-bond donors (Lipinski definition) is 0. The van der Waals surface area contributed by atoms with Gasteiger partial charge in [-0.3, -0.25) is 4.90 Å². The van der Waals surface area contributed by atoms with Crippen LogP contribution in [0.15, 0.2) is 55.2 Å². The monoisotopic (exact) mass is 394 g/mol. The third-order valence-corrected chi connectivity index (χ3v) is 5.22. The van der Waals surface area contributed by atoms with Gasteiger partial charge in [-0.05, 0) is 43.0 Å². The highest BCUT2D eigenvalue weighted by atomic mass is 19.1. The predicted molar refractivity (Wildman–Crippen MR) is 111 cm³/mol. The van der Waals surface area contributed by atoms with E-state index < -0.39 is 0 Å². The van der Waals surface area contributed by atoms with Crippen molar-refractivity contribution in [1.29, 1.82) is 0 Å². The largest absolute Gasteiger partial charge is 0.341 e. The highest BCUT2D eigenvalue weighted by Gasteiger charge is 2.16. The van der Waals surface area contributed by atoms with Gasteiger partial charge in [0, 0.05) is 57.9 Å². The second-order valence-electron chi connectivity index (χ2n) is 7.54. The summed E-state index contributed by atoms with van der Waals surface area (Å²) in [5, 5.41) is 0. The zero-order chi connectivity index (χ0) is 19.9. The number of nitrogens with zero attached hydrogens (tertiary/aromatic N) is 6. The van der Waals surface area contributed by atoms with Crippen LogP contribution < -0.4 is 4.90 Å². The Morgan fingerprint density at radius 1 is 1.07 bits per heavy atom. The number of halogens is 1. The van der Waals surface area contributed by atoms with Crippen molar-refractivity contribution in [3.8, 4) is 0 Å². The van der Waals surface area contributed by atoms with Crippen LogP contribution >= 0.6 is 0 Å². The number of aryl methyl sites for hydroxylation is 1. The average molecular weight is 394 g/mol. The highest BCUT2D eigenvalue weighted by Crippen LogP contribution is 2.17. The molecule has 1 aliphatic rings. The molecule has 29 heavy (non-hydrogen) atoms. The fourth-order valence-corrected chi connectivity index (χ4v) is 3.77. The third kappa shape index (κ3) is 5.60. The normalized spacial score (nSPS) is 14.1. The number of anilines is 1. The van der Waals surface area contributed by atoms with E-state index in [0.29, 0.717) is 13.1 Å². The Balaban J connectivity index is 1.44. The first-order chi connectivity index (χ1) is 14.3. The lowest BCUT2D eigenvalue weighted by molar-refractivity contribution is 0.245. The number of benzene rings is 1. The van der Waals surface area contributed by atoms with Gasteiger partial charge >= 0.3 is 0 Å². The number of aromatic nitrogens is 4. The first-order valence-electron chi connectivity index (χ1n) is 10.3. The first kappa shape index (κ1) is 19.5. The van der Waals surface area contributed by atoms with Gasteiger partial charge in [-0.25, -0.2) is 19.3 Å². The Morgan fingerprint density at radius 2 is 1.97 bits per heavy atom. The van der Waals surface area contributed by atoms with Gasteiger partial charge in [-0.1, -0.05) is 12.1 Å². The van der Waals surface area contributed by atoms with Crippen LogP contribution in [-0.2, 0) is 19.6 Å². The molecule has 0 amide bonds. The summed E-state index contributed by atoms with van der Waals surface area (Å²) in [5.74, 6) is 0.628. The number of rotatable bonds is 9. The van der Waals surface area contributed by atoms with Gasteiger partial charge in [0.05, 0.1) is 12.0 Å². The first-order valence-corrected chi connectivity index (χ1v) is 10.3. The lowest BCUT2D eigenvalue weighted by atomic mass is 10.2. The summed E-state index contributed by atoms with van der Waals surface area (Å²) in [6, 6.07) is 8.82. The lowest BCUT2D eigenvalue weighted by Gasteiger charge is -2.23. The van der Waals surface area contributed by atoms with Crippen molar-refractivity contribution in [3.63, 3.8) is 0 Å². The quantitative estimate of drug-likeness (QED) is 0.556. The molecule has 0 N–H and O–H groups in total. The van der Waals surface area contributed by atoms with E-state index in [9.17, 15) is 4.39 Å². The Kier molecular flexibility index (Phi) is 6.46. The molecular formula is C22H27FN6. The molecule has 2 aromatic heterocycles. The van der Waals surface area contributed by atoms with E-state index in [4.69, 9.17) is 4.98 Å². The van der Waals surface area contributed by atoms with E-state index in [2.05, 4.69) is 24.3 Å². The summed E-state index contributed by atoms with van der Waals surface area (Å²) in [7, 11) is 0. The molecule has 1 aliphatic heterocycles. The zero-order valence-electron chi connectivity index (χ0n) is 16.6. The summed E-state index contributed by atoms with van der Waals surface area (Å²) in [5.41, 5.74) is 1.97. The fourth-order valence-electron chi connectivity index (χ4n) is 3.77. The zero-order valence-corrected chi connectivity index (χ0v) is 16.6. The average Bonchev–Trinajstić information content (AvgIpc) is 3.43. The van der Waals surface area contributed by atoms with Crippen LogP contribution in [0.2, 0.25) is 0 Å². The minimum atomic E-state index is -0.195. The molecule has 0 spiro atoms. The summed E-state index contributed by atoms with van der Waals surface area (Å²) in [4.78, 5) is 17.9. The van der Waals surface area contributed by atoms with Crippen LogP contribution in [0, 0.1) is 5.82 Å². The van der Waals surface area contributed by atoms with Crippen molar-refractivity contribution in [1.82, 2.24) is 24.4 Å². The molecule has 1 saturated heterocycles. The Hall–Kier alpha value is -2.80. The predicted octanol–water partition coefficient (Wildman–Crippen LogP) is 3.50. The number of hydrogen-bond acceptors (Lipinski definition) is 5. The van der Waals surface area contributed by atoms with E-state index in [-0.39, 0.29) is 5.82 Å². The van der Waals surface area contributed by atoms with E-state index in [1.165, 1.54) is 18.9 Å². The van der Waals surface area contributed by atoms with Crippen molar-refractivity contribution in [3.05, 3.63) is 72.3 Å². The maximum absolute atomic E-state index is 13.7. The Labute approximate surface area is 171 Å².